The molecule has 1 saturated heterocycles. The zero-order valence-corrected chi connectivity index (χ0v) is 14.5. The first-order chi connectivity index (χ1) is 10.5. The Kier molecular flexibility index (Phi) is 7.16. The fourth-order valence-corrected chi connectivity index (χ4v) is 3.20. The van der Waals surface area contributed by atoms with E-state index in [4.69, 9.17) is 11.6 Å². The topological polar surface area (TPSA) is 35.5 Å². The normalized spacial score (nSPS) is 18.8. The molecule has 1 fully saturated rings. The molecule has 1 aromatic carbocycles. The van der Waals surface area contributed by atoms with Gasteiger partial charge in [-0.3, -0.25) is 4.90 Å². The molecule has 3 nitrogen and oxygen atoms in total. The van der Waals surface area contributed by atoms with E-state index in [0.717, 1.165) is 50.5 Å². The van der Waals surface area contributed by atoms with E-state index in [2.05, 4.69) is 36.2 Å². The van der Waals surface area contributed by atoms with Crippen molar-refractivity contribution >= 4 is 11.6 Å². The van der Waals surface area contributed by atoms with E-state index in [1.165, 1.54) is 5.56 Å². The van der Waals surface area contributed by atoms with Crippen LogP contribution < -0.4 is 5.32 Å². The summed E-state index contributed by atoms with van der Waals surface area (Å²) in [7, 11) is 0. The summed E-state index contributed by atoms with van der Waals surface area (Å²) in [4.78, 5) is 2.49. The number of halogens is 1. The van der Waals surface area contributed by atoms with Crippen LogP contribution in [0.5, 0.6) is 0 Å². The Morgan fingerprint density at radius 1 is 1.23 bits per heavy atom. The third kappa shape index (κ3) is 6.25. The predicted molar refractivity (Wildman–Crippen MR) is 93.2 cm³/mol. The van der Waals surface area contributed by atoms with Crippen molar-refractivity contribution in [1.82, 2.24) is 10.2 Å². The second-order valence-corrected chi connectivity index (χ2v) is 7.30. The zero-order valence-electron chi connectivity index (χ0n) is 13.8. The molecule has 0 saturated carbocycles. The number of nitrogens with one attached hydrogen (secondary N) is 1. The molecule has 0 radical (unpaired) electrons. The van der Waals surface area contributed by atoms with E-state index in [0.29, 0.717) is 12.0 Å². The first kappa shape index (κ1) is 17.7. The lowest BCUT2D eigenvalue weighted by Crippen LogP contribution is -2.44. The lowest BCUT2D eigenvalue weighted by Gasteiger charge is -2.33. The van der Waals surface area contributed by atoms with Gasteiger partial charge < -0.3 is 10.4 Å². The van der Waals surface area contributed by atoms with Crippen molar-refractivity contribution in [3.8, 4) is 0 Å². The van der Waals surface area contributed by atoms with Crippen molar-refractivity contribution < 1.29 is 5.11 Å². The molecule has 1 aromatic rings. The molecule has 1 heterocycles. The quantitative estimate of drug-likeness (QED) is 0.808. The maximum absolute atomic E-state index is 9.94. The molecule has 124 valence electrons. The molecule has 1 aliphatic heterocycles. The molecular weight excluding hydrogens is 296 g/mol. The molecule has 1 unspecified atom stereocenters. The van der Waals surface area contributed by atoms with Crippen LogP contribution in [0.3, 0.4) is 0 Å². The third-order valence-corrected chi connectivity index (χ3v) is 4.54. The van der Waals surface area contributed by atoms with Gasteiger partial charge in [-0.05, 0) is 56.0 Å². The van der Waals surface area contributed by atoms with Crippen LogP contribution in [-0.2, 0) is 6.54 Å². The van der Waals surface area contributed by atoms with Gasteiger partial charge in [0.05, 0.1) is 6.10 Å². The van der Waals surface area contributed by atoms with Crippen LogP contribution in [0.2, 0.25) is 5.02 Å². The first-order valence-corrected chi connectivity index (χ1v) is 8.79. The van der Waals surface area contributed by atoms with Crippen molar-refractivity contribution in [2.75, 3.05) is 19.6 Å². The predicted octanol–water partition coefficient (Wildman–Crippen LogP) is 3.30. The Morgan fingerprint density at radius 2 is 1.86 bits per heavy atom. The van der Waals surface area contributed by atoms with Gasteiger partial charge in [-0.2, -0.15) is 0 Å². The second-order valence-electron chi connectivity index (χ2n) is 6.87. The second kappa shape index (κ2) is 8.88. The fourth-order valence-electron chi connectivity index (χ4n) is 3.07. The monoisotopic (exact) mass is 324 g/mol. The Hall–Kier alpha value is -0.610. The molecular formula is C18H29ClN2O. The summed E-state index contributed by atoms with van der Waals surface area (Å²) in [5, 5.41) is 14.3. The van der Waals surface area contributed by atoms with E-state index in [1.54, 1.807) is 0 Å². The number of benzene rings is 1. The van der Waals surface area contributed by atoms with Gasteiger partial charge in [0.2, 0.25) is 0 Å². The van der Waals surface area contributed by atoms with E-state index in [-0.39, 0.29) is 6.10 Å². The smallest absolute Gasteiger partial charge is 0.0667 e. The fraction of sp³-hybridized carbons (Fsp3) is 0.667. The Bertz CT molecular complexity index is 427. The summed E-state index contributed by atoms with van der Waals surface area (Å²) in [6.45, 7) is 8.25. The van der Waals surface area contributed by atoms with Gasteiger partial charge in [0, 0.05) is 24.2 Å². The molecule has 0 spiro atoms. The molecule has 0 amide bonds. The van der Waals surface area contributed by atoms with Crippen LogP contribution >= 0.6 is 11.6 Å². The third-order valence-electron chi connectivity index (χ3n) is 4.29. The van der Waals surface area contributed by atoms with Crippen LogP contribution in [0.4, 0.5) is 0 Å². The first-order valence-electron chi connectivity index (χ1n) is 8.41. The minimum absolute atomic E-state index is 0.216. The SMILES string of the molecule is CC(C)CC(O)CNC1CCN(Cc2ccc(Cl)cc2)CC1. The standard InChI is InChI=1S/C18H29ClN2O/c1-14(2)11-18(22)12-20-17-7-9-21(10-8-17)13-15-3-5-16(19)6-4-15/h3-6,14,17-18,20,22H,7-13H2,1-2H3. The summed E-state index contributed by atoms with van der Waals surface area (Å²) in [6, 6.07) is 8.68. The molecule has 22 heavy (non-hydrogen) atoms. The highest BCUT2D eigenvalue weighted by Gasteiger charge is 2.19. The lowest BCUT2D eigenvalue weighted by molar-refractivity contribution is 0.130. The van der Waals surface area contributed by atoms with E-state index < -0.39 is 0 Å². The van der Waals surface area contributed by atoms with Gasteiger partial charge in [-0.15, -0.1) is 0 Å². The average Bonchev–Trinajstić information content (AvgIpc) is 2.48. The highest BCUT2D eigenvalue weighted by molar-refractivity contribution is 6.30. The number of aliphatic hydroxyl groups is 1. The number of piperidine rings is 1. The highest BCUT2D eigenvalue weighted by atomic mass is 35.5. The molecule has 2 N–H and O–H groups in total. The molecule has 1 aliphatic rings. The van der Waals surface area contributed by atoms with Crippen molar-refractivity contribution in [3.05, 3.63) is 34.9 Å². The van der Waals surface area contributed by atoms with E-state index in [9.17, 15) is 5.11 Å². The van der Waals surface area contributed by atoms with Crippen LogP contribution in [0, 0.1) is 5.92 Å². The number of aliphatic hydroxyl groups excluding tert-OH is 1. The zero-order chi connectivity index (χ0) is 15.9. The summed E-state index contributed by atoms with van der Waals surface area (Å²) in [5.74, 6) is 0.554. The number of hydrogen-bond donors (Lipinski definition) is 2. The number of rotatable bonds is 7. The van der Waals surface area contributed by atoms with Crippen molar-refractivity contribution in [3.63, 3.8) is 0 Å². The Labute approximate surface area is 139 Å². The lowest BCUT2D eigenvalue weighted by atomic mass is 10.0. The molecule has 2 rings (SSSR count). The van der Waals surface area contributed by atoms with Crippen molar-refractivity contribution in [2.45, 2.75) is 51.8 Å². The van der Waals surface area contributed by atoms with Gasteiger partial charge in [0.1, 0.15) is 0 Å². The van der Waals surface area contributed by atoms with Crippen LogP contribution in [-0.4, -0.2) is 41.8 Å². The van der Waals surface area contributed by atoms with Crippen molar-refractivity contribution in [1.29, 1.82) is 0 Å². The molecule has 0 aliphatic carbocycles. The Morgan fingerprint density at radius 3 is 2.45 bits per heavy atom. The highest BCUT2D eigenvalue weighted by Crippen LogP contribution is 2.16. The molecule has 0 bridgehead atoms. The number of hydrogen-bond acceptors (Lipinski definition) is 3. The largest absolute Gasteiger partial charge is 0.392 e. The van der Waals surface area contributed by atoms with Crippen molar-refractivity contribution in [2.24, 2.45) is 5.92 Å². The van der Waals surface area contributed by atoms with Gasteiger partial charge in [-0.25, -0.2) is 0 Å². The summed E-state index contributed by atoms with van der Waals surface area (Å²) in [5.41, 5.74) is 1.32. The Balaban J connectivity index is 1.66. The van der Waals surface area contributed by atoms with Crippen LogP contribution in [0.1, 0.15) is 38.7 Å². The van der Waals surface area contributed by atoms with E-state index in [1.807, 2.05) is 12.1 Å². The number of likely N-dealkylation sites (tertiary alicyclic amines) is 1. The number of nitrogens with zero attached hydrogens (tertiary/aromatic N) is 1. The van der Waals surface area contributed by atoms with Crippen LogP contribution in [0.25, 0.3) is 0 Å². The minimum atomic E-state index is -0.216. The average molecular weight is 325 g/mol. The summed E-state index contributed by atoms with van der Waals surface area (Å²) >= 11 is 5.92. The van der Waals surface area contributed by atoms with Gasteiger partial charge in [-0.1, -0.05) is 37.6 Å². The van der Waals surface area contributed by atoms with Gasteiger partial charge in [0.25, 0.3) is 0 Å². The summed E-state index contributed by atoms with van der Waals surface area (Å²) < 4.78 is 0. The maximum atomic E-state index is 9.94. The molecule has 1 atom stereocenters. The molecule has 4 heteroatoms. The minimum Gasteiger partial charge on any atom is -0.392 e. The van der Waals surface area contributed by atoms with Gasteiger partial charge in [0.15, 0.2) is 0 Å². The molecule has 0 aromatic heterocycles. The maximum Gasteiger partial charge on any atom is 0.0667 e. The van der Waals surface area contributed by atoms with Gasteiger partial charge >= 0.3 is 0 Å². The van der Waals surface area contributed by atoms with E-state index >= 15 is 0 Å². The summed E-state index contributed by atoms with van der Waals surface area (Å²) in [6.07, 6.45) is 2.97. The van der Waals surface area contributed by atoms with Crippen LogP contribution in [0.15, 0.2) is 24.3 Å².